The van der Waals surface area contributed by atoms with Crippen molar-refractivity contribution >= 4 is 21.7 Å². The van der Waals surface area contributed by atoms with Crippen LogP contribution in [0.2, 0.25) is 0 Å². The van der Waals surface area contributed by atoms with E-state index >= 15 is 0 Å². The summed E-state index contributed by atoms with van der Waals surface area (Å²) < 4.78 is 29.4. The zero-order chi connectivity index (χ0) is 18.6. The summed E-state index contributed by atoms with van der Waals surface area (Å²) in [5.41, 5.74) is 0.767. The number of carbonyl (C=O) groups is 2. The molecular formula is C17H21NO6S. The second kappa shape index (κ2) is 5.81. The summed E-state index contributed by atoms with van der Waals surface area (Å²) in [5.74, 6) is -2.32. The highest BCUT2D eigenvalue weighted by atomic mass is 32.2. The largest absolute Gasteiger partial charge is 0.459 e. The number of sulfone groups is 1. The van der Waals surface area contributed by atoms with Crippen LogP contribution in [0.3, 0.4) is 0 Å². The number of carbonyl (C=O) groups excluding carboxylic acids is 2. The Bertz CT molecular complexity index is 802. The third-order valence-electron chi connectivity index (χ3n) is 5.08. The fourth-order valence-corrected chi connectivity index (χ4v) is 5.98. The molecule has 1 N–H and O–H groups in total. The Morgan fingerprint density at radius 3 is 2.48 bits per heavy atom. The third-order valence-corrected chi connectivity index (χ3v) is 7.92. The Morgan fingerprint density at radius 2 is 1.92 bits per heavy atom. The number of aliphatic hydroxyl groups excluding tert-OH is 1. The van der Waals surface area contributed by atoms with Gasteiger partial charge in [-0.15, -0.1) is 0 Å². The van der Waals surface area contributed by atoms with E-state index < -0.39 is 49.9 Å². The molecule has 2 aliphatic heterocycles. The zero-order valence-electron chi connectivity index (χ0n) is 14.2. The van der Waals surface area contributed by atoms with Crippen molar-refractivity contribution in [3.63, 3.8) is 0 Å². The van der Waals surface area contributed by atoms with Crippen LogP contribution in [0.5, 0.6) is 0 Å². The maximum Gasteiger partial charge on any atom is 0.330 e. The number of aliphatic hydroxyl groups is 1. The van der Waals surface area contributed by atoms with E-state index in [1.165, 1.54) is 20.8 Å². The minimum absolute atomic E-state index is 0.00116. The number of hydrogen-bond acceptors (Lipinski definition) is 6. The van der Waals surface area contributed by atoms with Gasteiger partial charge in [0.25, 0.3) is 0 Å². The van der Waals surface area contributed by atoms with Crippen LogP contribution in [0, 0.1) is 5.92 Å². The van der Waals surface area contributed by atoms with E-state index in [9.17, 15) is 23.1 Å². The van der Waals surface area contributed by atoms with Gasteiger partial charge in [-0.1, -0.05) is 30.3 Å². The van der Waals surface area contributed by atoms with Gasteiger partial charge in [0.05, 0.1) is 16.8 Å². The third kappa shape index (κ3) is 2.46. The van der Waals surface area contributed by atoms with Gasteiger partial charge >= 0.3 is 5.97 Å². The van der Waals surface area contributed by atoms with Crippen LogP contribution in [0.25, 0.3) is 0 Å². The highest BCUT2D eigenvalue weighted by molar-refractivity contribution is 7.93. The summed E-state index contributed by atoms with van der Waals surface area (Å²) >= 11 is 0. The van der Waals surface area contributed by atoms with Crippen LogP contribution in [-0.4, -0.2) is 52.6 Å². The van der Waals surface area contributed by atoms with Crippen molar-refractivity contribution < 1.29 is 27.9 Å². The van der Waals surface area contributed by atoms with Crippen LogP contribution in [0.15, 0.2) is 30.3 Å². The molecule has 7 nitrogen and oxygen atoms in total. The lowest BCUT2D eigenvalue weighted by Gasteiger charge is -2.44. The second-order valence-electron chi connectivity index (χ2n) is 7.05. The van der Waals surface area contributed by atoms with Crippen molar-refractivity contribution in [1.82, 2.24) is 4.90 Å². The number of hydrogen-bond donors (Lipinski definition) is 1. The first-order valence-electron chi connectivity index (χ1n) is 8.05. The van der Waals surface area contributed by atoms with Crippen molar-refractivity contribution in [3.05, 3.63) is 35.9 Å². The van der Waals surface area contributed by atoms with Gasteiger partial charge in [0.2, 0.25) is 5.91 Å². The van der Waals surface area contributed by atoms with Crippen molar-refractivity contribution in [2.75, 3.05) is 0 Å². The van der Waals surface area contributed by atoms with Crippen molar-refractivity contribution in [2.24, 2.45) is 5.92 Å². The van der Waals surface area contributed by atoms with Crippen molar-refractivity contribution in [1.29, 1.82) is 0 Å². The molecule has 0 spiro atoms. The Kier molecular flexibility index (Phi) is 4.15. The lowest BCUT2D eigenvalue weighted by Crippen LogP contribution is -2.66. The number of β-lactam (4-membered cyclic amide) rings is 1. The monoisotopic (exact) mass is 367 g/mol. The number of rotatable bonds is 4. The van der Waals surface area contributed by atoms with Crippen LogP contribution in [-0.2, 0) is 30.8 Å². The van der Waals surface area contributed by atoms with E-state index in [4.69, 9.17) is 4.74 Å². The molecule has 0 saturated carbocycles. The van der Waals surface area contributed by atoms with E-state index in [2.05, 4.69) is 0 Å². The topological polar surface area (TPSA) is 101 Å². The van der Waals surface area contributed by atoms with Gasteiger partial charge in [0.1, 0.15) is 18.0 Å². The summed E-state index contributed by atoms with van der Waals surface area (Å²) in [6.07, 6.45) is -1.10. The molecule has 0 aliphatic carbocycles. The Morgan fingerprint density at radius 1 is 1.32 bits per heavy atom. The average molecular weight is 367 g/mol. The molecule has 25 heavy (non-hydrogen) atoms. The van der Waals surface area contributed by atoms with E-state index in [0.29, 0.717) is 0 Å². The zero-order valence-corrected chi connectivity index (χ0v) is 15.1. The lowest BCUT2D eigenvalue weighted by molar-refractivity contribution is -0.171. The molecule has 1 unspecified atom stereocenters. The smallest absolute Gasteiger partial charge is 0.330 e. The summed E-state index contributed by atoms with van der Waals surface area (Å²) in [5, 5.41) is 8.56. The molecule has 1 amide bonds. The number of amides is 1. The SMILES string of the molecule is CC(O)[C@H]1C(=O)N2[C@@H](C(=O)OCc3ccccc3)C(C)(C)S(=O)(=O)[C@H]12. The van der Waals surface area contributed by atoms with Gasteiger partial charge in [0, 0.05) is 0 Å². The molecule has 136 valence electrons. The first-order valence-corrected chi connectivity index (χ1v) is 9.59. The summed E-state index contributed by atoms with van der Waals surface area (Å²) in [7, 11) is -3.83. The number of benzene rings is 1. The predicted molar refractivity (Wildman–Crippen MR) is 88.8 cm³/mol. The fourth-order valence-electron chi connectivity index (χ4n) is 3.58. The molecule has 1 aromatic carbocycles. The summed E-state index contributed by atoms with van der Waals surface area (Å²) in [6, 6.07) is 7.78. The quantitative estimate of drug-likeness (QED) is 0.613. The van der Waals surface area contributed by atoms with Crippen LogP contribution in [0.4, 0.5) is 0 Å². The van der Waals surface area contributed by atoms with Crippen molar-refractivity contribution in [3.8, 4) is 0 Å². The Balaban J connectivity index is 1.86. The van der Waals surface area contributed by atoms with Gasteiger partial charge in [0.15, 0.2) is 9.84 Å². The molecule has 0 bridgehead atoms. The summed E-state index contributed by atoms with van der Waals surface area (Å²) in [6.45, 7) is 4.21. The second-order valence-corrected chi connectivity index (χ2v) is 9.67. The number of esters is 1. The van der Waals surface area contributed by atoms with Crippen LogP contribution >= 0.6 is 0 Å². The molecule has 2 aliphatic rings. The molecule has 2 fully saturated rings. The van der Waals surface area contributed by atoms with Gasteiger partial charge in [-0.05, 0) is 26.3 Å². The maximum absolute atomic E-state index is 12.8. The predicted octanol–water partition coefficient (Wildman–Crippen LogP) is 0.471. The van der Waals surface area contributed by atoms with E-state index in [0.717, 1.165) is 10.5 Å². The molecule has 8 heteroatoms. The lowest BCUT2D eigenvalue weighted by atomic mass is 9.88. The fraction of sp³-hybridized carbons (Fsp3) is 0.529. The van der Waals surface area contributed by atoms with Gasteiger partial charge in [-0.2, -0.15) is 0 Å². The van der Waals surface area contributed by atoms with Crippen LogP contribution < -0.4 is 0 Å². The van der Waals surface area contributed by atoms with Gasteiger partial charge < -0.3 is 14.7 Å². The molecule has 0 radical (unpaired) electrons. The van der Waals surface area contributed by atoms with Gasteiger partial charge in [-0.3, -0.25) is 4.79 Å². The molecular weight excluding hydrogens is 346 g/mol. The molecule has 4 atom stereocenters. The van der Waals surface area contributed by atoms with Crippen LogP contribution in [0.1, 0.15) is 26.3 Å². The molecule has 2 saturated heterocycles. The van der Waals surface area contributed by atoms with E-state index in [1.54, 1.807) is 24.3 Å². The molecule has 3 rings (SSSR count). The molecule has 0 aromatic heterocycles. The molecule has 1 aromatic rings. The average Bonchev–Trinajstić information content (AvgIpc) is 2.67. The van der Waals surface area contributed by atoms with Crippen molar-refractivity contribution in [2.45, 2.75) is 49.6 Å². The normalized spacial score (nSPS) is 30.3. The first kappa shape index (κ1) is 17.9. The first-order chi connectivity index (χ1) is 11.6. The minimum Gasteiger partial charge on any atom is -0.459 e. The Hall–Kier alpha value is -1.93. The molecule has 2 heterocycles. The highest BCUT2D eigenvalue weighted by Crippen LogP contribution is 2.49. The summed E-state index contributed by atoms with van der Waals surface area (Å²) in [4.78, 5) is 26.0. The number of nitrogens with zero attached hydrogens (tertiary/aromatic N) is 1. The Labute approximate surface area is 146 Å². The highest BCUT2D eigenvalue weighted by Gasteiger charge is 2.73. The standard InChI is InChI=1S/C17H21NO6S/c1-10(19)12-14(20)18-13(17(2,3)25(22,23)15(12)18)16(21)24-9-11-7-5-4-6-8-11/h4-8,10,12-13,15,19H,9H2,1-3H3/t10?,12-,13-,15+/m0/s1. The number of fused-ring (bicyclic) bond motifs is 1. The minimum atomic E-state index is -3.83. The van der Waals surface area contributed by atoms with E-state index in [-0.39, 0.29) is 6.61 Å². The maximum atomic E-state index is 12.8. The number of ether oxygens (including phenoxy) is 1. The van der Waals surface area contributed by atoms with Gasteiger partial charge in [-0.25, -0.2) is 13.2 Å². The van der Waals surface area contributed by atoms with E-state index in [1.807, 2.05) is 6.07 Å².